The SMILES string of the molecule is CCOC(=O)C1=CC(CCCCNC(=O)OCc2cc(C(C)C)c(N=[N+]=[N-])c(C(C)C)c2)OC=C1. The van der Waals surface area contributed by atoms with Crippen molar-refractivity contribution in [2.45, 2.75) is 78.4 Å². The summed E-state index contributed by atoms with van der Waals surface area (Å²) in [6, 6.07) is 3.87. The van der Waals surface area contributed by atoms with E-state index in [9.17, 15) is 9.59 Å². The first-order chi connectivity index (χ1) is 16.8. The van der Waals surface area contributed by atoms with Crippen LogP contribution in [-0.4, -0.2) is 31.3 Å². The molecule has 2 rings (SSSR count). The molecule has 1 N–H and O–H groups in total. The van der Waals surface area contributed by atoms with Gasteiger partial charge in [-0.15, -0.1) is 0 Å². The van der Waals surface area contributed by atoms with Crippen molar-refractivity contribution in [2.75, 3.05) is 13.2 Å². The molecule has 9 nitrogen and oxygen atoms in total. The Kier molecular flexibility index (Phi) is 11.2. The molecule has 1 atom stereocenters. The van der Waals surface area contributed by atoms with Crippen molar-refractivity contribution in [2.24, 2.45) is 5.11 Å². The Hall–Kier alpha value is -3.45. The molecular formula is C26H36N4O5. The van der Waals surface area contributed by atoms with Gasteiger partial charge in [0.05, 0.1) is 18.4 Å². The van der Waals surface area contributed by atoms with Gasteiger partial charge < -0.3 is 19.5 Å². The molecule has 1 aromatic carbocycles. The molecular weight excluding hydrogens is 448 g/mol. The van der Waals surface area contributed by atoms with E-state index in [1.807, 2.05) is 39.8 Å². The minimum atomic E-state index is -0.484. The molecule has 0 aliphatic carbocycles. The number of nitrogens with one attached hydrogen (secondary N) is 1. The predicted octanol–water partition coefficient (Wildman–Crippen LogP) is 6.67. The second-order valence-corrected chi connectivity index (χ2v) is 8.94. The second kappa shape index (κ2) is 14.1. The third-order valence-corrected chi connectivity index (χ3v) is 5.55. The number of amides is 1. The fourth-order valence-electron chi connectivity index (χ4n) is 3.74. The molecule has 1 aromatic rings. The lowest BCUT2D eigenvalue weighted by atomic mass is 9.90. The summed E-state index contributed by atoms with van der Waals surface area (Å²) in [5.74, 6) is -0.0304. The molecule has 190 valence electrons. The van der Waals surface area contributed by atoms with Crippen LogP contribution in [0.15, 0.2) is 41.2 Å². The summed E-state index contributed by atoms with van der Waals surface area (Å²) in [6.07, 6.45) is 6.49. The van der Waals surface area contributed by atoms with Crippen LogP contribution in [0.3, 0.4) is 0 Å². The zero-order valence-electron chi connectivity index (χ0n) is 21.2. The number of azide groups is 1. The molecule has 9 heteroatoms. The molecule has 1 aliphatic rings. The normalized spacial score (nSPS) is 14.7. The van der Waals surface area contributed by atoms with Crippen LogP contribution in [-0.2, 0) is 25.6 Å². The molecule has 1 amide bonds. The lowest BCUT2D eigenvalue weighted by molar-refractivity contribution is -0.138. The number of unbranched alkanes of at least 4 members (excludes halogenated alkanes) is 1. The Morgan fingerprint density at radius 1 is 1.14 bits per heavy atom. The number of nitrogens with zero attached hydrogens (tertiary/aromatic N) is 3. The minimum Gasteiger partial charge on any atom is -0.494 e. The maximum absolute atomic E-state index is 12.2. The molecule has 1 unspecified atom stereocenters. The maximum Gasteiger partial charge on any atom is 0.407 e. The smallest absolute Gasteiger partial charge is 0.407 e. The molecule has 0 radical (unpaired) electrons. The molecule has 0 fully saturated rings. The number of benzene rings is 1. The Labute approximate surface area is 207 Å². The summed E-state index contributed by atoms with van der Waals surface area (Å²) in [6.45, 7) is 10.8. The summed E-state index contributed by atoms with van der Waals surface area (Å²) >= 11 is 0. The van der Waals surface area contributed by atoms with Gasteiger partial charge in [-0.05, 0) is 72.4 Å². The average Bonchev–Trinajstić information content (AvgIpc) is 2.83. The van der Waals surface area contributed by atoms with Gasteiger partial charge in [0.1, 0.15) is 12.7 Å². The number of ether oxygens (including phenoxy) is 3. The zero-order chi connectivity index (χ0) is 25.8. The van der Waals surface area contributed by atoms with E-state index in [2.05, 4.69) is 15.3 Å². The van der Waals surface area contributed by atoms with Gasteiger partial charge in [0.2, 0.25) is 0 Å². The summed E-state index contributed by atoms with van der Waals surface area (Å²) in [4.78, 5) is 27.0. The Balaban J connectivity index is 1.81. The number of hydrogen-bond donors (Lipinski definition) is 1. The highest BCUT2D eigenvalue weighted by atomic mass is 16.5. The van der Waals surface area contributed by atoms with E-state index in [1.54, 1.807) is 19.1 Å². The summed E-state index contributed by atoms with van der Waals surface area (Å²) in [5, 5.41) is 6.69. The third-order valence-electron chi connectivity index (χ3n) is 5.55. The molecule has 0 saturated carbocycles. The van der Waals surface area contributed by atoms with Crippen molar-refractivity contribution in [3.63, 3.8) is 0 Å². The first-order valence-corrected chi connectivity index (χ1v) is 12.1. The quantitative estimate of drug-likeness (QED) is 0.117. The topological polar surface area (TPSA) is 123 Å². The van der Waals surface area contributed by atoms with Crippen molar-refractivity contribution in [3.05, 3.63) is 63.3 Å². The average molecular weight is 485 g/mol. The lowest BCUT2D eigenvalue weighted by Gasteiger charge is -2.19. The van der Waals surface area contributed by atoms with Crippen LogP contribution in [0, 0.1) is 0 Å². The fourth-order valence-corrected chi connectivity index (χ4v) is 3.74. The van der Waals surface area contributed by atoms with E-state index in [-0.39, 0.29) is 30.5 Å². The molecule has 0 saturated heterocycles. The van der Waals surface area contributed by atoms with Gasteiger partial charge in [0.25, 0.3) is 0 Å². The van der Waals surface area contributed by atoms with Gasteiger partial charge in [0, 0.05) is 17.1 Å². The van der Waals surface area contributed by atoms with Crippen molar-refractivity contribution in [1.82, 2.24) is 5.32 Å². The highest BCUT2D eigenvalue weighted by molar-refractivity contribution is 5.91. The van der Waals surface area contributed by atoms with E-state index in [1.165, 1.54) is 6.26 Å². The molecule has 1 aliphatic heterocycles. The number of rotatable bonds is 12. The molecule has 0 spiro atoms. The van der Waals surface area contributed by atoms with E-state index in [0.29, 0.717) is 24.4 Å². The van der Waals surface area contributed by atoms with Gasteiger partial charge >= 0.3 is 12.1 Å². The van der Waals surface area contributed by atoms with Crippen molar-refractivity contribution in [1.29, 1.82) is 0 Å². The van der Waals surface area contributed by atoms with E-state index in [0.717, 1.165) is 36.0 Å². The number of alkyl carbamates (subject to hydrolysis) is 1. The van der Waals surface area contributed by atoms with Crippen LogP contribution >= 0.6 is 0 Å². The number of hydrogen-bond acceptors (Lipinski definition) is 6. The lowest BCUT2D eigenvalue weighted by Crippen LogP contribution is -2.25. The van der Waals surface area contributed by atoms with Gasteiger partial charge in [-0.25, -0.2) is 9.59 Å². The number of carbonyl (C=O) groups excluding carboxylic acids is 2. The van der Waals surface area contributed by atoms with E-state index < -0.39 is 6.09 Å². The van der Waals surface area contributed by atoms with E-state index >= 15 is 0 Å². The summed E-state index contributed by atoms with van der Waals surface area (Å²) < 4.78 is 15.9. The van der Waals surface area contributed by atoms with Gasteiger partial charge in [-0.1, -0.05) is 44.9 Å². The van der Waals surface area contributed by atoms with Crippen LogP contribution in [0.25, 0.3) is 10.4 Å². The number of carbonyl (C=O) groups is 2. The van der Waals surface area contributed by atoms with Crippen LogP contribution < -0.4 is 5.32 Å². The standard InChI is InChI=1S/C26H36N4O5/c1-6-33-25(31)20-10-12-34-21(15-20)9-7-8-11-28-26(32)35-16-19-13-22(17(2)3)24(29-30-27)23(14-19)18(4)5/h10,12-15,17-18,21H,6-9,11,16H2,1-5H3,(H,28,32). The fraction of sp³-hybridized carbons (Fsp3) is 0.538. The minimum absolute atomic E-state index is 0.130. The first-order valence-electron chi connectivity index (χ1n) is 12.1. The van der Waals surface area contributed by atoms with Gasteiger partial charge in [-0.2, -0.15) is 0 Å². The van der Waals surface area contributed by atoms with Crippen molar-refractivity contribution >= 4 is 17.7 Å². The summed E-state index contributed by atoms with van der Waals surface area (Å²) in [5.41, 5.74) is 12.9. The first kappa shape index (κ1) is 27.8. The van der Waals surface area contributed by atoms with E-state index in [4.69, 9.17) is 19.7 Å². The van der Waals surface area contributed by atoms with Crippen LogP contribution in [0.1, 0.15) is 82.4 Å². The highest BCUT2D eigenvalue weighted by Crippen LogP contribution is 2.36. The second-order valence-electron chi connectivity index (χ2n) is 8.94. The van der Waals surface area contributed by atoms with Crippen molar-refractivity contribution < 1.29 is 23.8 Å². The van der Waals surface area contributed by atoms with Crippen LogP contribution in [0.2, 0.25) is 0 Å². The molecule has 1 heterocycles. The van der Waals surface area contributed by atoms with Gasteiger partial charge in [-0.3, -0.25) is 0 Å². The number of esters is 1. The summed E-state index contributed by atoms with van der Waals surface area (Å²) in [7, 11) is 0. The largest absolute Gasteiger partial charge is 0.494 e. The van der Waals surface area contributed by atoms with Crippen LogP contribution in [0.5, 0.6) is 0 Å². The van der Waals surface area contributed by atoms with Crippen molar-refractivity contribution in [3.8, 4) is 0 Å². The Morgan fingerprint density at radius 3 is 2.43 bits per heavy atom. The molecule has 0 bridgehead atoms. The monoisotopic (exact) mass is 484 g/mol. The maximum atomic E-state index is 12.2. The Morgan fingerprint density at radius 2 is 1.83 bits per heavy atom. The van der Waals surface area contributed by atoms with Crippen LogP contribution in [0.4, 0.5) is 10.5 Å². The highest BCUT2D eigenvalue weighted by Gasteiger charge is 2.17. The zero-order valence-corrected chi connectivity index (χ0v) is 21.2. The van der Waals surface area contributed by atoms with Gasteiger partial charge in [0.15, 0.2) is 0 Å². The molecule has 0 aromatic heterocycles. The Bertz CT molecular complexity index is 964. The molecule has 35 heavy (non-hydrogen) atoms. The predicted molar refractivity (Wildman–Crippen MR) is 134 cm³/mol. The third kappa shape index (κ3) is 8.68.